The molecular weight excluding hydrogens is 322 g/mol. The zero-order chi connectivity index (χ0) is 18.0. The molecule has 0 saturated heterocycles. The Hall–Kier alpha value is -2.83. The number of benzene rings is 1. The van der Waals surface area contributed by atoms with Gasteiger partial charge in [0, 0.05) is 12.1 Å². The lowest BCUT2D eigenvalue weighted by Crippen LogP contribution is -2.52. The van der Waals surface area contributed by atoms with E-state index in [0.717, 1.165) is 11.3 Å². The van der Waals surface area contributed by atoms with Crippen LogP contribution in [0.4, 0.5) is 4.79 Å². The fraction of sp³-hybridized carbons (Fsp3) is 0.389. The Labute approximate surface area is 145 Å². The van der Waals surface area contributed by atoms with E-state index >= 15 is 0 Å². The first-order valence-corrected chi connectivity index (χ1v) is 8.23. The first kappa shape index (κ1) is 17.0. The molecule has 2 heterocycles. The predicted molar refractivity (Wildman–Crippen MR) is 89.8 cm³/mol. The third-order valence-corrected chi connectivity index (χ3v) is 4.40. The highest BCUT2D eigenvalue weighted by atomic mass is 16.6. The molecule has 0 fully saturated rings. The van der Waals surface area contributed by atoms with Crippen LogP contribution in [-0.4, -0.2) is 38.1 Å². The van der Waals surface area contributed by atoms with Crippen LogP contribution in [0.25, 0.3) is 0 Å². The van der Waals surface area contributed by atoms with Gasteiger partial charge in [-0.05, 0) is 11.5 Å². The number of nitrogens with zero attached hydrogens (tertiary/aromatic N) is 2. The van der Waals surface area contributed by atoms with Gasteiger partial charge in [0.05, 0.1) is 18.1 Å². The maximum atomic E-state index is 12.7. The van der Waals surface area contributed by atoms with Gasteiger partial charge >= 0.3 is 12.1 Å². The average Bonchev–Trinajstić information content (AvgIpc) is 3.06. The number of hydrogen-bond acceptors (Lipinski definition) is 4. The molecule has 7 heteroatoms. The third-order valence-electron chi connectivity index (χ3n) is 4.40. The summed E-state index contributed by atoms with van der Waals surface area (Å²) in [6.07, 6.45) is 1.09. The van der Waals surface area contributed by atoms with Crippen molar-refractivity contribution in [1.82, 2.24) is 14.9 Å². The molecule has 1 aliphatic heterocycles. The van der Waals surface area contributed by atoms with Crippen molar-refractivity contribution in [3.8, 4) is 0 Å². The molecule has 0 radical (unpaired) electrons. The zero-order valence-electron chi connectivity index (χ0n) is 14.2. The summed E-state index contributed by atoms with van der Waals surface area (Å²) in [5.41, 5.74) is 2.32. The van der Waals surface area contributed by atoms with E-state index in [1.165, 1.54) is 11.2 Å². The highest BCUT2D eigenvalue weighted by Gasteiger charge is 2.44. The van der Waals surface area contributed by atoms with Gasteiger partial charge < -0.3 is 14.8 Å². The summed E-state index contributed by atoms with van der Waals surface area (Å²) < 4.78 is 5.41. The van der Waals surface area contributed by atoms with Crippen LogP contribution in [0.5, 0.6) is 0 Å². The minimum absolute atomic E-state index is 0.00604. The minimum atomic E-state index is -1.05. The van der Waals surface area contributed by atoms with Gasteiger partial charge in [-0.15, -0.1) is 0 Å². The van der Waals surface area contributed by atoms with Gasteiger partial charge in [-0.1, -0.05) is 44.2 Å². The highest BCUT2D eigenvalue weighted by Crippen LogP contribution is 2.37. The van der Waals surface area contributed by atoms with Crippen molar-refractivity contribution in [2.24, 2.45) is 5.92 Å². The van der Waals surface area contributed by atoms with Gasteiger partial charge in [-0.3, -0.25) is 4.90 Å². The fourth-order valence-electron chi connectivity index (χ4n) is 3.25. The summed E-state index contributed by atoms with van der Waals surface area (Å²) in [5, 5.41) is 9.62. The second-order valence-corrected chi connectivity index (χ2v) is 6.46. The van der Waals surface area contributed by atoms with Crippen LogP contribution < -0.4 is 0 Å². The number of imidazole rings is 1. The first-order valence-electron chi connectivity index (χ1n) is 8.23. The molecule has 0 saturated carbocycles. The Morgan fingerprint density at radius 1 is 1.36 bits per heavy atom. The maximum Gasteiger partial charge on any atom is 0.411 e. The number of aromatic nitrogens is 2. The molecule has 3 rings (SSSR count). The minimum Gasteiger partial charge on any atom is -0.480 e. The Morgan fingerprint density at radius 3 is 2.72 bits per heavy atom. The van der Waals surface area contributed by atoms with E-state index < -0.39 is 24.1 Å². The van der Waals surface area contributed by atoms with Crippen LogP contribution in [0.2, 0.25) is 0 Å². The van der Waals surface area contributed by atoms with E-state index in [-0.39, 0.29) is 18.9 Å². The number of nitrogens with one attached hydrogen (secondary N) is 1. The number of rotatable bonds is 4. The van der Waals surface area contributed by atoms with E-state index in [1.54, 1.807) is 0 Å². The number of carbonyl (C=O) groups is 2. The van der Waals surface area contributed by atoms with Crippen LogP contribution in [-0.2, 0) is 22.6 Å². The van der Waals surface area contributed by atoms with Crippen LogP contribution in [0.1, 0.15) is 36.8 Å². The van der Waals surface area contributed by atoms with Gasteiger partial charge in [0.25, 0.3) is 0 Å². The van der Waals surface area contributed by atoms with Crippen molar-refractivity contribution >= 4 is 12.1 Å². The van der Waals surface area contributed by atoms with E-state index in [4.69, 9.17) is 4.74 Å². The quantitative estimate of drug-likeness (QED) is 0.890. The van der Waals surface area contributed by atoms with E-state index in [2.05, 4.69) is 9.97 Å². The largest absolute Gasteiger partial charge is 0.480 e. The van der Waals surface area contributed by atoms with Gasteiger partial charge in [0.2, 0.25) is 0 Å². The van der Waals surface area contributed by atoms with Gasteiger partial charge in [0.1, 0.15) is 12.6 Å². The molecule has 0 unspecified atom stereocenters. The molecular formula is C18H21N3O4. The lowest BCUT2D eigenvalue weighted by Gasteiger charge is -2.40. The predicted octanol–water partition coefficient (Wildman–Crippen LogP) is 2.75. The highest BCUT2D eigenvalue weighted by molar-refractivity contribution is 5.81. The second-order valence-electron chi connectivity index (χ2n) is 6.46. The molecule has 25 heavy (non-hydrogen) atoms. The van der Waals surface area contributed by atoms with Crippen LogP contribution in [0.3, 0.4) is 0 Å². The van der Waals surface area contributed by atoms with E-state index in [9.17, 15) is 14.7 Å². The standard InChI is InChI=1S/C18H21N3O4/c1-11(2)16-15-13(19-10-20-15)8-14(17(22)23)21(16)18(24)25-9-12-6-4-3-5-7-12/h3-7,10-11,14,16H,8-9H2,1-2H3,(H,19,20)(H,22,23)/t14-,16-/m0/s1. The lowest BCUT2D eigenvalue weighted by atomic mass is 9.89. The van der Waals surface area contributed by atoms with Crippen LogP contribution in [0, 0.1) is 5.92 Å². The second kappa shape index (κ2) is 6.96. The van der Waals surface area contributed by atoms with E-state index in [0.29, 0.717) is 5.69 Å². The molecule has 7 nitrogen and oxygen atoms in total. The number of amides is 1. The normalized spacial score (nSPS) is 19.6. The molecule has 2 N–H and O–H groups in total. The summed E-state index contributed by atoms with van der Waals surface area (Å²) in [6.45, 7) is 3.97. The van der Waals surface area contributed by atoms with Gasteiger partial charge in [-0.2, -0.15) is 0 Å². The molecule has 1 aromatic heterocycles. The smallest absolute Gasteiger partial charge is 0.411 e. The molecule has 1 amide bonds. The molecule has 0 aliphatic carbocycles. The number of aliphatic carboxylic acids is 1. The Morgan fingerprint density at radius 2 is 2.08 bits per heavy atom. The molecule has 0 bridgehead atoms. The topological polar surface area (TPSA) is 95.5 Å². The summed E-state index contributed by atoms with van der Waals surface area (Å²) in [4.78, 5) is 33.1. The van der Waals surface area contributed by atoms with Crippen LogP contribution >= 0.6 is 0 Å². The first-order chi connectivity index (χ1) is 12.0. The number of carbonyl (C=O) groups excluding carboxylic acids is 1. The monoisotopic (exact) mass is 343 g/mol. The summed E-state index contributed by atoms with van der Waals surface area (Å²) in [5.74, 6) is -1.06. The number of carboxylic acid groups (broad SMARTS) is 1. The number of ether oxygens (including phenoxy) is 1. The number of hydrogen-bond donors (Lipinski definition) is 2. The van der Waals surface area contributed by atoms with Gasteiger partial charge in [0.15, 0.2) is 0 Å². The van der Waals surface area contributed by atoms with Crippen molar-refractivity contribution in [2.75, 3.05) is 0 Å². The Balaban J connectivity index is 1.86. The summed E-state index contributed by atoms with van der Waals surface area (Å²) in [7, 11) is 0. The molecule has 0 spiro atoms. The van der Waals surface area contributed by atoms with Crippen molar-refractivity contribution in [1.29, 1.82) is 0 Å². The van der Waals surface area contributed by atoms with Crippen molar-refractivity contribution in [3.05, 3.63) is 53.6 Å². The SMILES string of the molecule is CC(C)[C@H]1c2nc[nH]c2C[C@@H](C(=O)O)N1C(=O)OCc1ccccc1. The van der Waals surface area contributed by atoms with Crippen LogP contribution in [0.15, 0.2) is 36.7 Å². The molecule has 2 aromatic rings. The summed E-state index contributed by atoms with van der Waals surface area (Å²) in [6, 6.07) is 7.87. The fourth-order valence-corrected chi connectivity index (χ4v) is 3.25. The third kappa shape index (κ3) is 3.35. The lowest BCUT2D eigenvalue weighted by molar-refractivity contribution is -0.144. The van der Waals surface area contributed by atoms with Crippen molar-refractivity contribution in [3.63, 3.8) is 0 Å². The Bertz CT molecular complexity index is 757. The van der Waals surface area contributed by atoms with Gasteiger partial charge in [-0.25, -0.2) is 14.6 Å². The molecule has 132 valence electrons. The van der Waals surface area contributed by atoms with E-state index in [1.807, 2.05) is 44.2 Å². The average molecular weight is 343 g/mol. The number of carboxylic acids is 1. The van der Waals surface area contributed by atoms with Crippen molar-refractivity contribution in [2.45, 2.75) is 39.0 Å². The van der Waals surface area contributed by atoms with Crippen molar-refractivity contribution < 1.29 is 19.4 Å². The number of aromatic amines is 1. The number of H-pyrrole nitrogens is 1. The molecule has 2 atom stereocenters. The molecule has 1 aromatic carbocycles. The number of fused-ring (bicyclic) bond motifs is 1. The summed E-state index contributed by atoms with van der Waals surface area (Å²) >= 11 is 0. The maximum absolute atomic E-state index is 12.7. The Kier molecular flexibility index (Phi) is 4.74. The molecule has 1 aliphatic rings. The zero-order valence-corrected chi connectivity index (χ0v) is 14.2.